The lowest BCUT2D eigenvalue weighted by Gasteiger charge is -2.05. The van der Waals surface area contributed by atoms with E-state index in [0.29, 0.717) is 29.0 Å². The molecule has 2 aromatic heterocycles. The maximum absolute atomic E-state index is 12.4. The Hall–Kier alpha value is -3.41. The number of esters is 1. The molecule has 142 valence electrons. The molecule has 28 heavy (non-hydrogen) atoms. The Labute approximate surface area is 162 Å². The summed E-state index contributed by atoms with van der Waals surface area (Å²) in [5, 5.41) is 0. The van der Waals surface area contributed by atoms with Gasteiger partial charge in [0.1, 0.15) is 11.3 Å². The van der Waals surface area contributed by atoms with Gasteiger partial charge < -0.3 is 13.7 Å². The number of nitrogens with zero attached hydrogens (tertiary/aromatic N) is 3. The molecule has 2 aromatic carbocycles. The van der Waals surface area contributed by atoms with Gasteiger partial charge in [0.15, 0.2) is 5.58 Å². The van der Waals surface area contributed by atoms with Crippen molar-refractivity contribution in [2.24, 2.45) is 7.05 Å². The van der Waals surface area contributed by atoms with Crippen molar-refractivity contribution in [2.45, 2.75) is 20.3 Å². The van der Waals surface area contributed by atoms with Crippen LogP contribution in [0, 0.1) is 13.8 Å². The monoisotopic (exact) mass is 375 g/mol. The van der Waals surface area contributed by atoms with Crippen LogP contribution in [0.4, 0.5) is 0 Å². The Balaban J connectivity index is 1.51. The molecule has 0 radical (unpaired) electrons. The molecule has 0 aliphatic heterocycles. The Morgan fingerprint density at radius 1 is 1.14 bits per heavy atom. The van der Waals surface area contributed by atoms with Crippen molar-refractivity contribution in [2.75, 3.05) is 6.61 Å². The normalized spacial score (nSPS) is 11.1. The van der Waals surface area contributed by atoms with E-state index in [1.54, 1.807) is 24.4 Å². The predicted octanol–water partition coefficient (Wildman–Crippen LogP) is 4.24. The molecular weight excluding hydrogens is 354 g/mol. The lowest BCUT2D eigenvalue weighted by Crippen LogP contribution is -2.10. The number of hydrogen-bond acceptors (Lipinski definition) is 5. The minimum absolute atomic E-state index is 0.270. The SMILES string of the molecule is Cc1cc(C)cc(-c2nc3ccc(C(=O)OCCc4nccn4C)cc3o2)c1. The number of carbonyl (C=O) groups is 1. The van der Waals surface area contributed by atoms with Crippen molar-refractivity contribution in [3.8, 4) is 11.5 Å². The molecule has 0 N–H and O–H groups in total. The third-order valence-electron chi connectivity index (χ3n) is 4.57. The van der Waals surface area contributed by atoms with Gasteiger partial charge >= 0.3 is 5.97 Å². The number of ether oxygens (including phenoxy) is 1. The predicted molar refractivity (Wildman–Crippen MR) is 106 cm³/mol. The minimum atomic E-state index is -0.388. The van der Waals surface area contributed by atoms with E-state index in [-0.39, 0.29) is 12.6 Å². The number of aromatic nitrogens is 3. The maximum atomic E-state index is 12.4. The average molecular weight is 375 g/mol. The zero-order valence-corrected chi connectivity index (χ0v) is 16.1. The third kappa shape index (κ3) is 3.67. The van der Waals surface area contributed by atoms with Gasteiger partial charge in [-0.1, -0.05) is 17.2 Å². The summed E-state index contributed by atoms with van der Waals surface area (Å²) < 4.78 is 13.2. The van der Waals surface area contributed by atoms with Crippen LogP contribution in [-0.2, 0) is 18.2 Å². The standard InChI is InChI=1S/C22H21N3O3/c1-14-10-15(2)12-17(11-14)21-24-18-5-4-16(13-19(18)28-21)22(26)27-9-6-20-23-7-8-25(20)3/h4-5,7-8,10-13H,6,9H2,1-3H3. The van der Waals surface area contributed by atoms with Gasteiger partial charge in [0.25, 0.3) is 0 Å². The number of rotatable bonds is 5. The summed E-state index contributed by atoms with van der Waals surface area (Å²) in [5.74, 6) is 1.03. The Kier molecular flexibility index (Phi) is 4.69. The molecule has 0 bridgehead atoms. The summed E-state index contributed by atoms with van der Waals surface area (Å²) in [6.07, 6.45) is 4.15. The van der Waals surface area contributed by atoms with Crippen LogP contribution in [0.2, 0.25) is 0 Å². The molecule has 4 rings (SSSR count). The van der Waals surface area contributed by atoms with E-state index in [1.165, 1.54) is 0 Å². The highest BCUT2D eigenvalue weighted by molar-refractivity contribution is 5.93. The Morgan fingerprint density at radius 2 is 1.93 bits per heavy atom. The van der Waals surface area contributed by atoms with Gasteiger partial charge in [-0.2, -0.15) is 0 Å². The van der Waals surface area contributed by atoms with E-state index in [1.807, 2.05) is 43.8 Å². The molecule has 0 saturated heterocycles. The van der Waals surface area contributed by atoms with Crippen molar-refractivity contribution in [3.05, 3.63) is 71.3 Å². The van der Waals surface area contributed by atoms with Gasteiger partial charge in [-0.3, -0.25) is 0 Å². The van der Waals surface area contributed by atoms with Crippen LogP contribution in [0.1, 0.15) is 27.3 Å². The Morgan fingerprint density at radius 3 is 2.64 bits per heavy atom. The highest BCUT2D eigenvalue weighted by atomic mass is 16.5. The summed E-state index contributed by atoms with van der Waals surface area (Å²) in [5.41, 5.74) is 4.93. The number of fused-ring (bicyclic) bond motifs is 1. The lowest BCUT2D eigenvalue weighted by atomic mass is 10.1. The molecule has 6 heteroatoms. The first-order valence-corrected chi connectivity index (χ1v) is 9.12. The fourth-order valence-electron chi connectivity index (χ4n) is 3.23. The summed E-state index contributed by atoms with van der Waals surface area (Å²) >= 11 is 0. The van der Waals surface area contributed by atoms with Gasteiger partial charge in [-0.25, -0.2) is 14.8 Å². The summed E-state index contributed by atoms with van der Waals surface area (Å²) in [6.45, 7) is 4.35. The average Bonchev–Trinajstić information content (AvgIpc) is 3.26. The summed E-state index contributed by atoms with van der Waals surface area (Å²) in [7, 11) is 1.91. The second kappa shape index (κ2) is 7.31. The summed E-state index contributed by atoms with van der Waals surface area (Å²) in [6, 6.07) is 11.3. The first kappa shape index (κ1) is 18.0. The van der Waals surface area contributed by atoms with Crippen LogP contribution >= 0.6 is 0 Å². The quantitative estimate of drug-likeness (QED) is 0.488. The largest absolute Gasteiger partial charge is 0.462 e. The molecule has 4 aromatic rings. The van der Waals surface area contributed by atoms with Gasteiger partial charge in [0.2, 0.25) is 5.89 Å². The fourth-order valence-corrected chi connectivity index (χ4v) is 3.23. The number of benzene rings is 2. The van der Waals surface area contributed by atoms with E-state index in [0.717, 1.165) is 22.5 Å². The van der Waals surface area contributed by atoms with Crippen molar-refractivity contribution in [1.29, 1.82) is 0 Å². The van der Waals surface area contributed by atoms with E-state index in [4.69, 9.17) is 9.15 Å². The van der Waals surface area contributed by atoms with Crippen LogP contribution in [-0.4, -0.2) is 27.1 Å². The molecule has 2 heterocycles. The van der Waals surface area contributed by atoms with Gasteiger partial charge in [-0.15, -0.1) is 0 Å². The minimum Gasteiger partial charge on any atom is -0.462 e. The zero-order valence-electron chi connectivity index (χ0n) is 16.1. The Bertz CT molecular complexity index is 1140. The summed E-state index contributed by atoms with van der Waals surface area (Å²) in [4.78, 5) is 21.1. The highest BCUT2D eigenvalue weighted by Gasteiger charge is 2.14. The van der Waals surface area contributed by atoms with E-state index >= 15 is 0 Å². The maximum Gasteiger partial charge on any atom is 0.338 e. The van der Waals surface area contributed by atoms with E-state index in [2.05, 4.69) is 16.0 Å². The number of hydrogen-bond donors (Lipinski definition) is 0. The second-order valence-corrected chi connectivity index (χ2v) is 6.92. The molecule has 0 fully saturated rings. The fraction of sp³-hybridized carbons (Fsp3) is 0.227. The molecule has 0 atom stereocenters. The van der Waals surface area contributed by atoms with E-state index < -0.39 is 0 Å². The van der Waals surface area contributed by atoms with Crippen LogP contribution in [0.25, 0.3) is 22.6 Å². The smallest absolute Gasteiger partial charge is 0.338 e. The topological polar surface area (TPSA) is 70.2 Å². The first-order valence-electron chi connectivity index (χ1n) is 9.12. The van der Waals surface area contributed by atoms with Gasteiger partial charge in [0.05, 0.1) is 12.2 Å². The number of carbonyl (C=O) groups excluding carboxylic acids is 1. The van der Waals surface area contributed by atoms with Gasteiger partial charge in [-0.05, 0) is 44.2 Å². The zero-order chi connectivity index (χ0) is 19.7. The lowest BCUT2D eigenvalue weighted by molar-refractivity contribution is 0.0507. The van der Waals surface area contributed by atoms with Crippen LogP contribution in [0.3, 0.4) is 0 Å². The molecule has 0 aliphatic carbocycles. The van der Waals surface area contributed by atoms with Crippen molar-refractivity contribution in [3.63, 3.8) is 0 Å². The van der Waals surface area contributed by atoms with Crippen molar-refractivity contribution < 1.29 is 13.9 Å². The molecule has 0 spiro atoms. The molecular formula is C22H21N3O3. The molecule has 0 saturated carbocycles. The first-order chi connectivity index (χ1) is 13.5. The van der Waals surface area contributed by atoms with Crippen molar-refractivity contribution >= 4 is 17.1 Å². The molecule has 0 unspecified atom stereocenters. The number of oxazole rings is 1. The molecule has 0 amide bonds. The van der Waals surface area contributed by atoms with Crippen LogP contribution < -0.4 is 0 Å². The highest BCUT2D eigenvalue weighted by Crippen LogP contribution is 2.26. The number of imidazole rings is 1. The molecule has 0 aliphatic rings. The second-order valence-electron chi connectivity index (χ2n) is 6.92. The van der Waals surface area contributed by atoms with Crippen LogP contribution in [0.15, 0.2) is 53.2 Å². The van der Waals surface area contributed by atoms with Crippen LogP contribution in [0.5, 0.6) is 0 Å². The third-order valence-corrected chi connectivity index (χ3v) is 4.57. The van der Waals surface area contributed by atoms with E-state index in [9.17, 15) is 4.79 Å². The van der Waals surface area contributed by atoms with Crippen molar-refractivity contribution in [1.82, 2.24) is 14.5 Å². The number of aryl methyl sites for hydroxylation is 3. The molecule has 6 nitrogen and oxygen atoms in total. The van der Waals surface area contributed by atoms with Gasteiger partial charge in [0, 0.05) is 31.4 Å².